The first kappa shape index (κ1) is 29.7. The van der Waals surface area contributed by atoms with Gasteiger partial charge < -0.3 is 19.5 Å². The van der Waals surface area contributed by atoms with E-state index < -0.39 is 16.1 Å². The zero-order valence-electron chi connectivity index (χ0n) is 23.1. The summed E-state index contributed by atoms with van der Waals surface area (Å²) in [6, 6.07) is 15.1. The Labute approximate surface area is 235 Å². The Balaban J connectivity index is 1.51. The standard InChI is InChI=1S/C28H37N5O6S/c1-21-16-33(22(2)19-34)28(35)10-7-15-32-17-23(29-30-32)20-38-27(21)18-31(3)40(36,37)26-13-11-25(12-14-26)39-24-8-5-4-6-9-24/h4-6,8-9,11-14,17,21-22,27,34H,7,10,15-16,18-20H2,1-3H3/t21-,22+,27+/m1/s1. The van der Waals surface area contributed by atoms with Gasteiger partial charge in [0, 0.05) is 39.0 Å². The van der Waals surface area contributed by atoms with Crippen molar-refractivity contribution < 1.29 is 27.8 Å². The van der Waals surface area contributed by atoms with Gasteiger partial charge in [-0.15, -0.1) is 5.10 Å². The van der Waals surface area contributed by atoms with Crippen molar-refractivity contribution in [1.82, 2.24) is 24.2 Å². The highest BCUT2D eigenvalue weighted by Gasteiger charge is 2.31. The molecule has 0 fully saturated rings. The molecule has 40 heavy (non-hydrogen) atoms. The molecule has 3 atom stereocenters. The second-order valence-electron chi connectivity index (χ2n) is 10.2. The molecular formula is C28H37N5O6S. The third kappa shape index (κ3) is 7.45. The molecule has 1 N–H and O–H groups in total. The van der Waals surface area contributed by atoms with Gasteiger partial charge in [-0.3, -0.25) is 9.48 Å². The summed E-state index contributed by atoms with van der Waals surface area (Å²) < 4.78 is 41.9. The monoisotopic (exact) mass is 571 g/mol. The predicted octanol–water partition coefficient (Wildman–Crippen LogP) is 2.92. The van der Waals surface area contributed by atoms with Gasteiger partial charge in [0.2, 0.25) is 15.9 Å². The molecule has 0 aliphatic carbocycles. The molecule has 1 aliphatic heterocycles. The van der Waals surface area contributed by atoms with Crippen LogP contribution in [0.5, 0.6) is 11.5 Å². The van der Waals surface area contributed by atoms with Crippen molar-refractivity contribution in [3.05, 3.63) is 66.5 Å². The third-order valence-corrected chi connectivity index (χ3v) is 8.83. The number of aryl methyl sites for hydroxylation is 1. The number of hydrogen-bond acceptors (Lipinski definition) is 8. The summed E-state index contributed by atoms with van der Waals surface area (Å²) in [5.41, 5.74) is 0.628. The van der Waals surface area contributed by atoms with Crippen LogP contribution in [0.15, 0.2) is 65.7 Å². The fourth-order valence-corrected chi connectivity index (χ4v) is 5.71. The normalized spacial score (nSPS) is 19.9. The second-order valence-corrected chi connectivity index (χ2v) is 12.2. The highest BCUT2D eigenvalue weighted by molar-refractivity contribution is 7.89. The number of hydrogen-bond donors (Lipinski definition) is 1. The minimum Gasteiger partial charge on any atom is -0.457 e. The lowest BCUT2D eigenvalue weighted by molar-refractivity contribution is -0.136. The molecule has 12 heteroatoms. The fraction of sp³-hybridized carbons (Fsp3) is 0.464. The maximum absolute atomic E-state index is 13.5. The molecule has 1 aliphatic rings. The minimum absolute atomic E-state index is 0.0510. The Bertz CT molecular complexity index is 1350. The van der Waals surface area contributed by atoms with Gasteiger partial charge in [0.15, 0.2) is 0 Å². The smallest absolute Gasteiger partial charge is 0.242 e. The molecule has 3 aromatic rings. The van der Waals surface area contributed by atoms with E-state index in [2.05, 4.69) is 10.3 Å². The van der Waals surface area contributed by atoms with E-state index in [1.807, 2.05) is 37.3 Å². The molecule has 1 aromatic heterocycles. The summed E-state index contributed by atoms with van der Waals surface area (Å²) in [4.78, 5) is 14.8. The molecule has 0 saturated carbocycles. The van der Waals surface area contributed by atoms with Gasteiger partial charge in [0.1, 0.15) is 17.2 Å². The average Bonchev–Trinajstić information content (AvgIpc) is 3.41. The van der Waals surface area contributed by atoms with Crippen LogP contribution in [0.1, 0.15) is 32.4 Å². The molecule has 4 rings (SSSR count). The third-order valence-electron chi connectivity index (χ3n) is 6.99. The van der Waals surface area contributed by atoms with Crippen molar-refractivity contribution in [2.75, 3.05) is 26.7 Å². The summed E-state index contributed by atoms with van der Waals surface area (Å²) in [6.07, 6.45) is 2.10. The zero-order chi connectivity index (χ0) is 28.7. The summed E-state index contributed by atoms with van der Waals surface area (Å²) >= 11 is 0. The molecule has 11 nitrogen and oxygen atoms in total. The number of nitrogens with zero attached hydrogens (tertiary/aromatic N) is 5. The van der Waals surface area contributed by atoms with Gasteiger partial charge in [-0.2, -0.15) is 4.31 Å². The number of aliphatic hydroxyl groups is 1. The summed E-state index contributed by atoms with van der Waals surface area (Å²) in [5, 5.41) is 18.0. The number of sulfonamides is 1. The van der Waals surface area contributed by atoms with Crippen molar-refractivity contribution >= 4 is 15.9 Å². The largest absolute Gasteiger partial charge is 0.457 e. The van der Waals surface area contributed by atoms with Crippen molar-refractivity contribution in [2.45, 2.75) is 56.9 Å². The van der Waals surface area contributed by atoms with Crippen LogP contribution in [-0.4, -0.2) is 82.5 Å². The number of rotatable bonds is 8. The first-order valence-electron chi connectivity index (χ1n) is 13.4. The Morgan fingerprint density at radius 1 is 1.15 bits per heavy atom. The van der Waals surface area contributed by atoms with Crippen LogP contribution in [0.2, 0.25) is 0 Å². The van der Waals surface area contributed by atoms with E-state index in [4.69, 9.17) is 9.47 Å². The number of aliphatic hydroxyl groups excluding tert-OH is 1. The van der Waals surface area contributed by atoms with Crippen molar-refractivity contribution in [3.8, 4) is 11.5 Å². The van der Waals surface area contributed by atoms with Gasteiger partial charge in [-0.25, -0.2) is 8.42 Å². The summed E-state index contributed by atoms with van der Waals surface area (Å²) in [5.74, 6) is 0.858. The zero-order valence-corrected chi connectivity index (χ0v) is 23.9. The van der Waals surface area contributed by atoms with Gasteiger partial charge in [0.25, 0.3) is 0 Å². The van der Waals surface area contributed by atoms with Crippen molar-refractivity contribution in [2.24, 2.45) is 5.92 Å². The molecule has 0 radical (unpaired) electrons. The number of carbonyl (C=O) groups is 1. The number of para-hydroxylation sites is 1. The highest BCUT2D eigenvalue weighted by Crippen LogP contribution is 2.25. The van der Waals surface area contributed by atoms with Crippen LogP contribution < -0.4 is 4.74 Å². The van der Waals surface area contributed by atoms with Gasteiger partial charge in [-0.05, 0) is 49.7 Å². The quantitative estimate of drug-likeness (QED) is 0.437. The Kier molecular flexibility index (Phi) is 9.90. The number of aromatic nitrogens is 3. The molecule has 2 bridgehead atoms. The topological polar surface area (TPSA) is 127 Å². The molecule has 0 saturated heterocycles. The van der Waals surface area contributed by atoms with Gasteiger partial charge >= 0.3 is 0 Å². The molecule has 0 unspecified atom stereocenters. The van der Waals surface area contributed by atoms with E-state index >= 15 is 0 Å². The molecule has 1 amide bonds. The Morgan fingerprint density at radius 3 is 2.55 bits per heavy atom. The van der Waals surface area contributed by atoms with E-state index in [0.717, 1.165) is 0 Å². The maximum Gasteiger partial charge on any atom is 0.242 e. The molecule has 216 valence electrons. The number of fused-ring (bicyclic) bond motifs is 2. The maximum atomic E-state index is 13.5. The Morgan fingerprint density at radius 2 is 1.85 bits per heavy atom. The van der Waals surface area contributed by atoms with E-state index in [0.29, 0.717) is 43.1 Å². The molecular weight excluding hydrogens is 534 g/mol. The van der Waals surface area contributed by atoms with Crippen LogP contribution in [0, 0.1) is 5.92 Å². The molecule has 2 heterocycles. The van der Waals surface area contributed by atoms with Gasteiger partial charge in [-0.1, -0.05) is 30.3 Å². The lowest BCUT2D eigenvalue weighted by Gasteiger charge is -2.35. The van der Waals surface area contributed by atoms with Crippen molar-refractivity contribution in [3.63, 3.8) is 0 Å². The van der Waals surface area contributed by atoms with Gasteiger partial charge in [0.05, 0.1) is 36.5 Å². The van der Waals surface area contributed by atoms with Crippen LogP contribution in [0.25, 0.3) is 0 Å². The average molecular weight is 572 g/mol. The molecule has 2 aromatic carbocycles. The summed E-state index contributed by atoms with van der Waals surface area (Å²) in [7, 11) is -2.34. The van der Waals surface area contributed by atoms with E-state index in [-0.39, 0.29) is 42.5 Å². The van der Waals surface area contributed by atoms with E-state index in [1.54, 1.807) is 34.8 Å². The number of amides is 1. The lowest BCUT2D eigenvalue weighted by Crippen LogP contribution is -2.47. The highest BCUT2D eigenvalue weighted by atomic mass is 32.2. The number of benzene rings is 2. The number of likely N-dealkylation sites (N-methyl/N-ethyl adjacent to an activating group) is 1. The molecule has 0 spiro atoms. The minimum atomic E-state index is -3.85. The van der Waals surface area contributed by atoms with Crippen molar-refractivity contribution in [1.29, 1.82) is 0 Å². The Hall–Kier alpha value is -3.32. The fourth-order valence-electron chi connectivity index (χ4n) is 4.53. The number of carbonyl (C=O) groups excluding carboxylic acids is 1. The lowest BCUT2D eigenvalue weighted by atomic mass is 10.0. The van der Waals surface area contributed by atoms with E-state index in [9.17, 15) is 18.3 Å². The van der Waals surface area contributed by atoms with E-state index in [1.165, 1.54) is 23.5 Å². The van der Waals surface area contributed by atoms with Crippen LogP contribution in [0.4, 0.5) is 0 Å². The first-order chi connectivity index (χ1) is 19.2. The summed E-state index contributed by atoms with van der Waals surface area (Å²) in [6.45, 7) is 4.59. The SMILES string of the molecule is C[C@@H]1CN([C@@H](C)CO)C(=O)CCCn2cc(nn2)CO[C@H]1CN(C)S(=O)(=O)c1ccc(Oc2ccccc2)cc1. The first-order valence-corrected chi connectivity index (χ1v) is 14.8. The number of ether oxygens (including phenoxy) is 2. The second kappa shape index (κ2) is 13.4. The van der Waals surface area contributed by atoms with Crippen LogP contribution >= 0.6 is 0 Å². The predicted molar refractivity (Wildman–Crippen MR) is 148 cm³/mol. The van der Waals surface area contributed by atoms with Crippen LogP contribution in [0.3, 0.4) is 0 Å². The van der Waals surface area contributed by atoms with Crippen LogP contribution in [-0.2, 0) is 32.7 Å².